The molecule has 4 aromatic rings. The van der Waals surface area contributed by atoms with Gasteiger partial charge in [-0.2, -0.15) is 0 Å². The number of imidazole rings is 1. The number of aromatic nitrogens is 2. The minimum absolute atomic E-state index is 0.130. The molecular formula is C22H22N4O. The van der Waals surface area contributed by atoms with Crippen molar-refractivity contribution in [1.29, 1.82) is 0 Å². The third-order valence-electron chi connectivity index (χ3n) is 4.64. The first-order valence-electron chi connectivity index (χ1n) is 9.06. The maximum atomic E-state index is 12.4. The molecule has 0 fully saturated rings. The highest BCUT2D eigenvalue weighted by Gasteiger charge is 2.10. The van der Waals surface area contributed by atoms with E-state index >= 15 is 0 Å². The van der Waals surface area contributed by atoms with Crippen LogP contribution in [0.5, 0.6) is 0 Å². The van der Waals surface area contributed by atoms with Gasteiger partial charge in [0.15, 0.2) is 0 Å². The zero-order chi connectivity index (χ0) is 18.6. The highest BCUT2D eigenvalue weighted by Crippen LogP contribution is 2.25. The first-order chi connectivity index (χ1) is 13.3. The molecule has 3 aromatic carbocycles. The molecule has 0 saturated heterocycles. The molecule has 1 aromatic heterocycles. The van der Waals surface area contributed by atoms with Crippen LogP contribution in [0.4, 0.5) is 0 Å². The van der Waals surface area contributed by atoms with Gasteiger partial charge >= 0.3 is 5.69 Å². The highest BCUT2D eigenvalue weighted by molar-refractivity contribution is 5.83. The number of aromatic amines is 1. The van der Waals surface area contributed by atoms with Crippen molar-refractivity contribution in [3.8, 4) is 16.8 Å². The number of nitrogens with zero attached hydrogens (tertiary/aromatic N) is 1. The van der Waals surface area contributed by atoms with Crippen LogP contribution in [-0.2, 0) is 6.54 Å². The summed E-state index contributed by atoms with van der Waals surface area (Å²) in [5.74, 6) is 0. The molecule has 0 amide bonds. The quantitative estimate of drug-likeness (QED) is 0.464. The van der Waals surface area contributed by atoms with Crippen LogP contribution in [-0.4, -0.2) is 22.6 Å². The largest absolute Gasteiger partial charge is 0.331 e. The number of rotatable bonds is 6. The number of nitrogens with one attached hydrogen (secondary N) is 2. The first kappa shape index (κ1) is 17.3. The van der Waals surface area contributed by atoms with Crippen molar-refractivity contribution < 1.29 is 0 Å². The van der Waals surface area contributed by atoms with Crippen molar-refractivity contribution in [2.75, 3.05) is 13.1 Å². The monoisotopic (exact) mass is 358 g/mol. The van der Waals surface area contributed by atoms with Crippen molar-refractivity contribution in [1.82, 2.24) is 14.9 Å². The summed E-state index contributed by atoms with van der Waals surface area (Å²) in [6, 6.07) is 24.2. The lowest BCUT2D eigenvalue weighted by atomic mass is 10.0. The van der Waals surface area contributed by atoms with E-state index in [4.69, 9.17) is 5.73 Å². The van der Waals surface area contributed by atoms with E-state index in [2.05, 4.69) is 40.6 Å². The summed E-state index contributed by atoms with van der Waals surface area (Å²) in [6.07, 6.45) is 0. The summed E-state index contributed by atoms with van der Waals surface area (Å²) in [7, 11) is 0. The molecule has 0 aliphatic heterocycles. The SMILES string of the molecule is NCCNCc1ccc(-c2ccc3[nH]c(=O)n(-c4ccccc4)c3c2)cc1. The van der Waals surface area contributed by atoms with Gasteiger partial charge in [-0.1, -0.05) is 48.5 Å². The van der Waals surface area contributed by atoms with E-state index < -0.39 is 0 Å². The van der Waals surface area contributed by atoms with Gasteiger partial charge in [-0.25, -0.2) is 4.79 Å². The molecule has 5 heteroatoms. The van der Waals surface area contributed by atoms with Crippen LogP contribution >= 0.6 is 0 Å². The van der Waals surface area contributed by atoms with Crippen molar-refractivity contribution in [2.45, 2.75) is 6.54 Å². The Hall–Kier alpha value is -3.15. The van der Waals surface area contributed by atoms with Crippen LogP contribution in [0.1, 0.15) is 5.56 Å². The van der Waals surface area contributed by atoms with Gasteiger partial charge in [-0.3, -0.25) is 4.57 Å². The summed E-state index contributed by atoms with van der Waals surface area (Å²) in [5, 5.41) is 3.30. The van der Waals surface area contributed by atoms with Gasteiger partial charge in [-0.15, -0.1) is 0 Å². The number of H-pyrrole nitrogens is 1. The second kappa shape index (κ2) is 7.61. The Morgan fingerprint density at radius 1 is 0.926 bits per heavy atom. The molecular weight excluding hydrogens is 336 g/mol. The smallest absolute Gasteiger partial charge is 0.329 e. The van der Waals surface area contributed by atoms with E-state index in [1.807, 2.05) is 42.5 Å². The molecule has 4 rings (SSSR count). The molecule has 0 aliphatic carbocycles. The Kier molecular flexibility index (Phi) is 4.87. The number of hydrogen-bond donors (Lipinski definition) is 3. The summed E-state index contributed by atoms with van der Waals surface area (Å²) >= 11 is 0. The van der Waals surface area contributed by atoms with E-state index in [0.717, 1.165) is 40.9 Å². The van der Waals surface area contributed by atoms with E-state index in [9.17, 15) is 4.79 Å². The molecule has 5 nitrogen and oxygen atoms in total. The molecule has 0 spiro atoms. The molecule has 0 saturated carbocycles. The van der Waals surface area contributed by atoms with Crippen molar-refractivity contribution >= 4 is 11.0 Å². The summed E-state index contributed by atoms with van der Waals surface area (Å²) in [6.45, 7) is 2.25. The number of para-hydroxylation sites is 1. The highest BCUT2D eigenvalue weighted by atomic mass is 16.1. The Morgan fingerprint density at radius 3 is 2.41 bits per heavy atom. The maximum absolute atomic E-state index is 12.4. The number of hydrogen-bond acceptors (Lipinski definition) is 3. The summed E-state index contributed by atoms with van der Waals surface area (Å²) in [5.41, 5.74) is 11.3. The second-order valence-electron chi connectivity index (χ2n) is 6.50. The van der Waals surface area contributed by atoms with Crippen LogP contribution in [0.3, 0.4) is 0 Å². The normalized spacial score (nSPS) is 11.1. The predicted molar refractivity (Wildman–Crippen MR) is 110 cm³/mol. The fourth-order valence-electron chi connectivity index (χ4n) is 3.27. The molecule has 0 bridgehead atoms. The van der Waals surface area contributed by atoms with Gasteiger partial charge in [0, 0.05) is 19.6 Å². The van der Waals surface area contributed by atoms with Gasteiger partial charge < -0.3 is 16.0 Å². The average Bonchev–Trinajstić information content (AvgIpc) is 3.04. The van der Waals surface area contributed by atoms with Crippen LogP contribution < -0.4 is 16.7 Å². The molecule has 0 radical (unpaired) electrons. The Morgan fingerprint density at radius 2 is 1.67 bits per heavy atom. The molecule has 0 atom stereocenters. The van der Waals surface area contributed by atoms with E-state index in [1.165, 1.54) is 5.56 Å². The number of fused-ring (bicyclic) bond motifs is 1. The number of nitrogens with two attached hydrogens (primary N) is 1. The molecule has 1 heterocycles. The zero-order valence-electron chi connectivity index (χ0n) is 15.0. The summed E-state index contributed by atoms with van der Waals surface area (Å²) < 4.78 is 1.71. The third kappa shape index (κ3) is 3.56. The maximum Gasteiger partial charge on any atom is 0.331 e. The van der Waals surface area contributed by atoms with E-state index in [1.54, 1.807) is 4.57 Å². The van der Waals surface area contributed by atoms with Crippen LogP contribution in [0.2, 0.25) is 0 Å². The Labute approximate surface area is 157 Å². The lowest BCUT2D eigenvalue weighted by Gasteiger charge is -2.07. The van der Waals surface area contributed by atoms with Crippen LogP contribution in [0.25, 0.3) is 27.8 Å². The Bertz CT molecular complexity index is 1090. The topological polar surface area (TPSA) is 75.8 Å². The van der Waals surface area contributed by atoms with E-state index in [-0.39, 0.29) is 5.69 Å². The predicted octanol–water partition coefficient (Wildman–Crippen LogP) is 3.03. The minimum atomic E-state index is -0.130. The molecule has 27 heavy (non-hydrogen) atoms. The van der Waals surface area contributed by atoms with Gasteiger partial charge in [0.05, 0.1) is 16.7 Å². The minimum Gasteiger partial charge on any atom is -0.329 e. The van der Waals surface area contributed by atoms with Crippen LogP contribution in [0, 0.1) is 0 Å². The zero-order valence-corrected chi connectivity index (χ0v) is 15.0. The second-order valence-corrected chi connectivity index (χ2v) is 6.50. The third-order valence-corrected chi connectivity index (χ3v) is 4.64. The van der Waals surface area contributed by atoms with Gasteiger partial charge in [0.1, 0.15) is 0 Å². The van der Waals surface area contributed by atoms with Gasteiger partial charge in [0.25, 0.3) is 0 Å². The van der Waals surface area contributed by atoms with Crippen molar-refractivity contribution in [2.24, 2.45) is 5.73 Å². The van der Waals surface area contributed by atoms with Gasteiger partial charge in [-0.05, 0) is 41.0 Å². The fraction of sp³-hybridized carbons (Fsp3) is 0.136. The standard InChI is InChI=1S/C22H22N4O/c23-12-13-24-15-16-6-8-17(9-7-16)18-10-11-20-21(14-18)26(22(27)25-20)19-4-2-1-3-5-19/h1-11,14,24H,12-13,15,23H2,(H,25,27). The number of benzene rings is 3. The molecule has 0 aliphatic rings. The lowest BCUT2D eigenvalue weighted by molar-refractivity contribution is 0.695. The van der Waals surface area contributed by atoms with Gasteiger partial charge in [0.2, 0.25) is 0 Å². The van der Waals surface area contributed by atoms with Crippen molar-refractivity contribution in [3.63, 3.8) is 0 Å². The average molecular weight is 358 g/mol. The Balaban J connectivity index is 1.70. The van der Waals surface area contributed by atoms with E-state index in [0.29, 0.717) is 6.54 Å². The fourth-order valence-corrected chi connectivity index (χ4v) is 3.27. The molecule has 4 N–H and O–H groups in total. The molecule has 0 unspecified atom stereocenters. The molecule has 136 valence electrons. The van der Waals surface area contributed by atoms with Crippen LogP contribution in [0.15, 0.2) is 77.6 Å². The lowest BCUT2D eigenvalue weighted by Crippen LogP contribution is -2.21. The first-order valence-corrected chi connectivity index (χ1v) is 9.06. The van der Waals surface area contributed by atoms with Crippen molar-refractivity contribution in [3.05, 3.63) is 88.8 Å². The summed E-state index contributed by atoms with van der Waals surface area (Å²) in [4.78, 5) is 15.4.